The van der Waals surface area contributed by atoms with Gasteiger partial charge < -0.3 is 14.1 Å². The van der Waals surface area contributed by atoms with Crippen molar-refractivity contribution in [2.24, 2.45) is 0 Å². The molecular formula is C22H22FN3O3. The van der Waals surface area contributed by atoms with Gasteiger partial charge in [0.15, 0.2) is 6.10 Å². The summed E-state index contributed by atoms with van der Waals surface area (Å²) in [5, 5.41) is 8.25. The first-order chi connectivity index (χ1) is 14.1. The number of carbonyl (C=O) groups is 1. The Morgan fingerprint density at radius 1 is 1.17 bits per heavy atom. The summed E-state index contributed by atoms with van der Waals surface area (Å²) in [6.07, 6.45) is 1.14. The third-order valence-electron chi connectivity index (χ3n) is 5.02. The first kappa shape index (κ1) is 19.1. The second-order valence-corrected chi connectivity index (χ2v) is 7.15. The van der Waals surface area contributed by atoms with Crippen molar-refractivity contribution in [1.82, 2.24) is 15.1 Å². The smallest absolute Gasteiger partial charge is 0.263 e. The first-order valence-electron chi connectivity index (χ1n) is 9.70. The maximum Gasteiger partial charge on any atom is 0.263 e. The molecule has 0 bridgehead atoms. The molecule has 150 valence electrons. The predicted octanol–water partition coefficient (Wildman–Crippen LogP) is 4.05. The van der Waals surface area contributed by atoms with E-state index in [9.17, 15) is 9.18 Å². The van der Waals surface area contributed by atoms with E-state index in [0.717, 1.165) is 12.8 Å². The summed E-state index contributed by atoms with van der Waals surface area (Å²) in [5.74, 6) is 1.11. The summed E-state index contributed by atoms with van der Waals surface area (Å²) in [6.45, 7) is 2.95. The number of carbonyl (C=O) groups excluding carboxylic acids is 1. The normalized spacial score (nSPS) is 17.7. The van der Waals surface area contributed by atoms with Gasteiger partial charge in [0.1, 0.15) is 11.6 Å². The molecule has 0 N–H and O–H groups in total. The third kappa shape index (κ3) is 4.45. The molecule has 2 atom stereocenters. The number of amides is 1. The number of likely N-dealkylation sites (tertiary alicyclic amines) is 1. The van der Waals surface area contributed by atoms with E-state index in [2.05, 4.69) is 10.2 Å². The van der Waals surface area contributed by atoms with E-state index >= 15 is 0 Å². The highest BCUT2D eigenvalue weighted by molar-refractivity contribution is 5.81. The molecule has 0 radical (unpaired) electrons. The summed E-state index contributed by atoms with van der Waals surface area (Å²) < 4.78 is 24.7. The van der Waals surface area contributed by atoms with Gasteiger partial charge in [-0.2, -0.15) is 0 Å². The van der Waals surface area contributed by atoms with Crippen LogP contribution < -0.4 is 4.74 Å². The Labute approximate surface area is 168 Å². The zero-order valence-electron chi connectivity index (χ0n) is 16.1. The number of aromatic nitrogens is 2. The van der Waals surface area contributed by atoms with Crippen molar-refractivity contribution in [2.45, 2.75) is 31.8 Å². The zero-order valence-corrected chi connectivity index (χ0v) is 16.1. The minimum absolute atomic E-state index is 0.0293. The molecule has 7 heteroatoms. The molecule has 0 saturated carbocycles. The number of benzene rings is 2. The van der Waals surface area contributed by atoms with Gasteiger partial charge in [0.2, 0.25) is 11.8 Å². The molecule has 4 rings (SSSR count). The van der Waals surface area contributed by atoms with Crippen molar-refractivity contribution in [1.29, 1.82) is 0 Å². The van der Waals surface area contributed by atoms with E-state index < -0.39 is 6.10 Å². The van der Waals surface area contributed by atoms with Crippen LogP contribution in [0.1, 0.15) is 31.6 Å². The maximum absolute atomic E-state index is 13.1. The first-order valence-corrected chi connectivity index (χ1v) is 9.70. The lowest BCUT2D eigenvalue weighted by Crippen LogP contribution is -2.45. The molecule has 29 heavy (non-hydrogen) atoms. The number of hydrogen-bond acceptors (Lipinski definition) is 5. The third-order valence-corrected chi connectivity index (χ3v) is 5.02. The SMILES string of the molecule is CC(Oc1ccccc1)C(=O)N1CCCC(c2nnc(-c3ccc(F)cc3)o2)C1. The van der Waals surface area contributed by atoms with Crippen molar-refractivity contribution in [3.05, 3.63) is 66.3 Å². The standard InChI is InChI=1S/C22H22FN3O3/c1-15(28-19-7-3-2-4-8-19)22(27)26-13-5-6-17(14-26)21-25-24-20(29-21)16-9-11-18(23)12-10-16/h2-4,7-12,15,17H,5-6,13-14H2,1H3. The van der Waals surface area contributed by atoms with Crippen LogP contribution in [0.2, 0.25) is 0 Å². The number of piperidine rings is 1. The summed E-state index contributed by atoms with van der Waals surface area (Å²) in [6, 6.07) is 15.2. The molecule has 3 aromatic rings. The maximum atomic E-state index is 13.1. The predicted molar refractivity (Wildman–Crippen MR) is 105 cm³/mol. The van der Waals surface area contributed by atoms with Crippen molar-refractivity contribution < 1.29 is 18.3 Å². The summed E-state index contributed by atoms with van der Waals surface area (Å²) in [4.78, 5) is 14.6. The van der Waals surface area contributed by atoms with Crippen LogP contribution in [0, 0.1) is 5.82 Å². The summed E-state index contributed by atoms with van der Waals surface area (Å²) >= 11 is 0. The molecule has 0 aliphatic carbocycles. The number of ether oxygens (including phenoxy) is 1. The number of halogens is 1. The molecule has 1 saturated heterocycles. The van der Waals surface area contributed by atoms with E-state index in [1.165, 1.54) is 12.1 Å². The molecule has 1 aromatic heterocycles. The molecule has 1 fully saturated rings. The molecule has 1 amide bonds. The van der Waals surface area contributed by atoms with Gasteiger partial charge in [-0.05, 0) is 56.2 Å². The number of hydrogen-bond donors (Lipinski definition) is 0. The summed E-state index contributed by atoms with van der Waals surface area (Å²) in [5.41, 5.74) is 0.666. The van der Waals surface area contributed by atoms with E-state index in [4.69, 9.17) is 9.15 Å². The fraction of sp³-hybridized carbons (Fsp3) is 0.318. The molecule has 1 aliphatic heterocycles. The Morgan fingerprint density at radius 3 is 2.69 bits per heavy atom. The van der Waals surface area contributed by atoms with Gasteiger partial charge in [-0.1, -0.05) is 18.2 Å². The number of para-hydroxylation sites is 1. The van der Waals surface area contributed by atoms with Crippen molar-refractivity contribution in [3.63, 3.8) is 0 Å². The molecule has 2 aromatic carbocycles. The Hall–Kier alpha value is -3.22. The van der Waals surface area contributed by atoms with Gasteiger partial charge in [-0.25, -0.2) is 4.39 Å². The van der Waals surface area contributed by atoms with Crippen LogP contribution in [0.5, 0.6) is 5.75 Å². The van der Waals surface area contributed by atoms with Gasteiger partial charge in [-0.15, -0.1) is 10.2 Å². The lowest BCUT2D eigenvalue weighted by atomic mass is 9.97. The fourth-order valence-electron chi connectivity index (χ4n) is 3.50. The Balaban J connectivity index is 1.41. The Kier molecular flexibility index (Phi) is 5.55. The Morgan fingerprint density at radius 2 is 1.93 bits per heavy atom. The zero-order chi connectivity index (χ0) is 20.2. The lowest BCUT2D eigenvalue weighted by Gasteiger charge is -2.32. The largest absolute Gasteiger partial charge is 0.481 e. The highest BCUT2D eigenvalue weighted by Gasteiger charge is 2.31. The topological polar surface area (TPSA) is 68.5 Å². The van der Waals surface area contributed by atoms with Crippen molar-refractivity contribution in [3.8, 4) is 17.2 Å². The minimum atomic E-state index is -0.575. The van der Waals surface area contributed by atoms with Gasteiger partial charge in [-0.3, -0.25) is 4.79 Å². The van der Waals surface area contributed by atoms with Gasteiger partial charge >= 0.3 is 0 Å². The van der Waals surface area contributed by atoms with Crippen LogP contribution in [0.15, 0.2) is 59.0 Å². The number of rotatable bonds is 5. The quantitative estimate of drug-likeness (QED) is 0.652. The molecule has 0 spiro atoms. The lowest BCUT2D eigenvalue weighted by molar-refractivity contribution is -0.139. The second-order valence-electron chi connectivity index (χ2n) is 7.15. The van der Waals surface area contributed by atoms with Gasteiger partial charge in [0.05, 0.1) is 5.92 Å². The van der Waals surface area contributed by atoms with E-state index in [1.807, 2.05) is 30.3 Å². The average Bonchev–Trinajstić information content (AvgIpc) is 3.25. The molecular weight excluding hydrogens is 373 g/mol. The van der Waals surface area contributed by atoms with Gasteiger partial charge in [0, 0.05) is 18.7 Å². The minimum Gasteiger partial charge on any atom is -0.481 e. The summed E-state index contributed by atoms with van der Waals surface area (Å²) in [7, 11) is 0. The van der Waals surface area contributed by atoms with E-state index in [1.54, 1.807) is 24.0 Å². The van der Waals surface area contributed by atoms with E-state index in [-0.39, 0.29) is 17.6 Å². The van der Waals surface area contributed by atoms with Crippen molar-refractivity contribution in [2.75, 3.05) is 13.1 Å². The average molecular weight is 395 g/mol. The monoisotopic (exact) mass is 395 g/mol. The van der Waals surface area contributed by atoms with Crippen LogP contribution in [-0.2, 0) is 4.79 Å². The fourth-order valence-corrected chi connectivity index (χ4v) is 3.50. The Bertz CT molecular complexity index is 959. The van der Waals surface area contributed by atoms with Crippen LogP contribution in [0.4, 0.5) is 4.39 Å². The highest BCUT2D eigenvalue weighted by Crippen LogP contribution is 2.29. The van der Waals surface area contributed by atoms with Crippen LogP contribution in [0.3, 0.4) is 0 Å². The van der Waals surface area contributed by atoms with Crippen LogP contribution in [-0.4, -0.2) is 40.2 Å². The van der Waals surface area contributed by atoms with Crippen LogP contribution >= 0.6 is 0 Å². The van der Waals surface area contributed by atoms with Crippen molar-refractivity contribution >= 4 is 5.91 Å². The molecule has 6 nitrogen and oxygen atoms in total. The van der Waals surface area contributed by atoms with Gasteiger partial charge in [0.25, 0.3) is 5.91 Å². The molecule has 2 heterocycles. The molecule has 2 unspecified atom stereocenters. The second kappa shape index (κ2) is 8.43. The number of nitrogens with zero attached hydrogens (tertiary/aromatic N) is 3. The molecule has 1 aliphatic rings. The van der Waals surface area contributed by atoms with E-state index in [0.29, 0.717) is 36.2 Å². The highest BCUT2D eigenvalue weighted by atomic mass is 19.1. The van der Waals surface area contributed by atoms with Crippen LogP contribution in [0.25, 0.3) is 11.5 Å².